The molecule has 96 valence electrons. The van der Waals surface area contributed by atoms with Gasteiger partial charge in [0.1, 0.15) is 5.75 Å². The fourth-order valence-electron chi connectivity index (χ4n) is 1.73. The Morgan fingerprint density at radius 1 is 1.18 bits per heavy atom. The lowest BCUT2D eigenvalue weighted by Crippen LogP contribution is -2.01. The third-order valence-corrected chi connectivity index (χ3v) is 3.42. The molecule has 0 aliphatic rings. The van der Waals surface area contributed by atoms with Crippen LogP contribution in [0.15, 0.2) is 22.7 Å². The van der Waals surface area contributed by atoms with Crippen LogP contribution >= 0.6 is 15.9 Å². The highest BCUT2D eigenvalue weighted by Crippen LogP contribution is 2.27. The molecule has 3 heteroatoms. The second-order valence-electron chi connectivity index (χ2n) is 4.19. The Morgan fingerprint density at radius 3 is 2.65 bits per heavy atom. The zero-order valence-electron chi connectivity index (χ0n) is 10.8. The third-order valence-electron chi connectivity index (χ3n) is 2.76. The van der Waals surface area contributed by atoms with Gasteiger partial charge < -0.3 is 10.1 Å². The van der Waals surface area contributed by atoms with Crippen molar-refractivity contribution in [3.05, 3.63) is 22.7 Å². The fraction of sp³-hybridized carbons (Fsp3) is 0.571. The second-order valence-corrected chi connectivity index (χ2v) is 5.04. The first-order valence-corrected chi connectivity index (χ1v) is 7.14. The van der Waals surface area contributed by atoms with Crippen molar-refractivity contribution >= 4 is 21.6 Å². The molecule has 1 rings (SSSR count). The molecule has 2 nitrogen and oxygen atoms in total. The molecule has 0 aromatic heterocycles. The van der Waals surface area contributed by atoms with Crippen molar-refractivity contribution in [2.75, 3.05) is 19.0 Å². The van der Waals surface area contributed by atoms with E-state index in [0.29, 0.717) is 0 Å². The van der Waals surface area contributed by atoms with Crippen molar-refractivity contribution in [1.82, 2.24) is 0 Å². The summed E-state index contributed by atoms with van der Waals surface area (Å²) in [7, 11) is 1.69. The third kappa shape index (κ3) is 5.44. The van der Waals surface area contributed by atoms with E-state index in [1.165, 1.54) is 32.1 Å². The summed E-state index contributed by atoms with van der Waals surface area (Å²) >= 11 is 3.45. The standard InChI is InChI=1S/C14H22BrNO/c1-3-4-5-6-7-10-16-12-8-9-13(15)14(11-12)17-2/h8-9,11,16H,3-7,10H2,1-2H3. The average molecular weight is 300 g/mol. The van der Waals surface area contributed by atoms with E-state index in [4.69, 9.17) is 4.74 Å². The number of hydrogen-bond acceptors (Lipinski definition) is 2. The number of benzene rings is 1. The van der Waals surface area contributed by atoms with E-state index in [0.717, 1.165) is 22.5 Å². The number of anilines is 1. The van der Waals surface area contributed by atoms with Gasteiger partial charge in [-0.25, -0.2) is 0 Å². The number of methoxy groups -OCH3 is 1. The second kappa shape index (κ2) is 8.40. The molecule has 0 atom stereocenters. The molecule has 0 unspecified atom stereocenters. The summed E-state index contributed by atoms with van der Waals surface area (Å²) in [6.45, 7) is 3.28. The molecule has 1 N–H and O–H groups in total. The number of ether oxygens (including phenoxy) is 1. The molecule has 0 saturated carbocycles. The molecule has 0 amide bonds. The largest absolute Gasteiger partial charge is 0.495 e. The molecule has 0 aliphatic carbocycles. The Balaban J connectivity index is 2.27. The number of unbranched alkanes of at least 4 members (excludes halogenated alkanes) is 4. The lowest BCUT2D eigenvalue weighted by Gasteiger charge is -2.09. The van der Waals surface area contributed by atoms with Gasteiger partial charge in [0.2, 0.25) is 0 Å². The van der Waals surface area contributed by atoms with Gasteiger partial charge >= 0.3 is 0 Å². The maximum Gasteiger partial charge on any atom is 0.135 e. The molecule has 1 aromatic rings. The first-order valence-electron chi connectivity index (χ1n) is 6.35. The molecular weight excluding hydrogens is 278 g/mol. The van der Waals surface area contributed by atoms with E-state index in [2.05, 4.69) is 34.2 Å². The highest BCUT2D eigenvalue weighted by Gasteiger charge is 2.00. The summed E-state index contributed by atoms with van der Waals surface area (Å²) in [6, 6.07) is 6.10. The summed E-state index contributed by atoms with van der Waals surface area (Å²) in [5.41, 5.74) is 1.13. The molecule has 0 radical (unpaired) electrons. The van der Waals surface area contributed by atoms with Crippen LogP contribution in [0.2, 0.25) is 0 Å². The topological polar surface area (TPSA) is 21.3 Å². The first-order chi connectivity index (χ1) is 8.27. The lowest BCUT2D eigenvalue weighted by atomic mass is 10.1. The fourth-order valence-corrected chi connectivity index (χ4v) is 2.14. The smallest absolute Gasteiger partial charge is 0.135 e. The summed E-state index contributed by atoms with van der Waals surface area (Å²) in [5, 5.41) is 3.42. The molecular formula is C14H22BrNO. The van der Waals surface area contributed by atoms with E-state index < -0.39 is 0 Å². The molecule has 0 saturated heterocycles. The SMILES string of the molecule is CCCCCCCNc1ccc(Br)c(OC)c1. The maximum absolute atomic E-state index is 5.26. The first kappa shape index (κ1) is 14.4. The van der Waals surface area contributed by atoms with Crippen LogP contribution in [0.1, 0.15) is 39.0 Å². The Labute approximate surface area is 113 Å². The van der Waals surface area contributed by atoms with E-state index in [1.54, 1.807) is 7.11 Å². The zero-order valence-corrected chi connectivity index (χ0v) is 12.3. The van der Waals surface area contributed by atoms with Crippen molar-refractivity contribution in [3.8, 4) is 5.75 Å². The van der Waals surface area contributed by atoms with Crippen LogP contribution in [0.4, 0.5) is 5.69 Å². The highest BCUT2D eigenvalue weighted by atomic mass is 79.9. The van der Waals surface area contributed by atoms with Gasteiger partial charge in [0, 0.05) is 18.3 Å². The van der Waals surface area contributed by atoms with Crippen LogP contribution in [0.5, 0.6) is 5.75 Å². The molecule has 0 bridgehead atoms. The van der Waals surface area contributed by atoms with Crippen LogP contribution < -0.4 is 10.1 Å². The molecule has 0 fully saturated rings. The Bertz CT molecular complexity index is 328. The van der Waals surface area contributed by atoms with Gasteiger partial charge in [-0.15, -0.1) is 0 Å². The van der Waals surface area contributed by atoms with Crippen molar-refractivity contribution in [2.45, 2.75) is 39.0 Å². The van der Waals surface area contributed by atoms with Gasteiger partial charge in [-0.05, 0) is 34.5 Å². The molecule has 0 aliphatic heterocycles. The van der Waals surface area contributed by atoms with Crippen molar-refractivity contribution in [1.29, 1.82) is 0 Å². The van der Waals surface area contributed by atoms with Gasteiger partial charge in [0.25, 0.3) is 0 Å². The van der Waals surface area contributed by atoms with E-state index >= 15 is 0 Å². The summed E-state index contributed by atoms with van der Waals surface area (Å²) in [4.78, 5) is 0. The van der Waals surface area contributed by atoms with Crippen LogP contribution in [-0.2, 0) is 0 Å². The van der Waals surface area contributed by atoms with Gasteiger partial charge in [0.05, 0.1) is 11.6 Å². The van der Waals surface area contributed by atoms with Gasteiger partial charge in [-0.2, -0.15) is 0 Å². The molecule has 17 heavy (non-hydrogen) atoms. The minimum Gasteiger partial charge on any atom is -0.495 e. The number of hydrogen-bond donors (Lipinski definition) is 1. The van der Waals surface area contributed by atoms with Gasteiger partial charge in [0.15, 0.2) is 0 Å². The zero-order chi connectivity index (χ0) is 12.5. The predicted octanol–water partition coefficient (Wildman–Crippen LogP) is 4.84. The molecule has 0 heterocycles. The highest BCUT2D eigenvalue weighted by molar-refractivity contribution is 9.10. The number of rotatable bonds is 8. The molecule has 1 aromatic carbocycles. The van der Waals surface area contributed by atoms with E-state index in [9.17, 15) is 0 Å². The van der Waals surface area contributed by atoms with Gasteiger partial charge in [-0.3, -0.25) is 0 Å². The van der Waals surface area contributed by atoms with Gasteiger partial charge in [-0.1, -0.05) is 32.6 Å². The van der Waals surface area contributed by atoms with Crippen LogP contribution in [-0.4, -0.2) is 13.7 Å². The van der Waals surface area contributed by atoms with Crippen LogP contribution in [0, 0.1) is 0 Å². The van der Waals surface area contributed by atoms with Crippen molar-refractivity contribution in [2.24, 2.45) is 0 Å². The van der Waals surface area contributed by atoms with Crippen LogP contribution in [0.3, 0.4) is 0 Å². The quantitative estimate of drug-likeness (QED) is 0.694. The molecule has 0 spiro atoms. The summed E-state index contributed by atoms with van der Waals surface area (Å²) in [6.07, 6.45) is 6.55. The number of halogens is 1. The summed E-state index contributed by atoms with van der Waals surface area (Å²) in [5.74, 6) is 0.876. The Hall–Kier alpha value is -0.700. The monoisotopic (exact) mass is 299 g/mol. The average Bonchev–Trinajstić information content (AvgIpc) is 2.35. The normalized spacial score (nSPS) is 10.3. The minimum absolute atomic E-state index is 0.876. The van der Waals surface area contributed by atoms with Crippen LogP contribution in [0.25, 0.3) is 0 Å². The van der Waals surface area contributed by atoms with E-state index in [1.807, 2.05) is 12.1 Å². The van der Waals surface area contributed by atoms with Crippen molar-refractivity contribution in [3.63, 3.8) is 0 Å². The maximum atomic E-state index is 5.26. The summed E-state index contributed by atoms with van der Waals surface area (Å²) < 4.78 is 6.25. The number of nitrogens with one attached hydrogen (secondary N) is 1. The minimum atomic E-state index is 0.876. The van der Waals surface area contributed by atoms with E-state index in [-0.39, 0.29) is 0 Å². The van der Waals surface area contributed by atoms with Crippen molar-refractivity contribution < 1.29 is 4.74 Å². The Kier molecular flexibility index (Phi) is 7.10. The lowest BCUT2D eigenvalue weighted by molar-refractivity contribution is 0.412. The Morgan fingerprint density at radius 2 is 1.94 bits per heavy atom. The predicted molar refractivity (Wildman–Crippen MR) is 77.9 cm³/mol.